The van der Waals surface area contributed by atoms with Crippen LogP contribution in [0.15, 0.2) is 47.0 Å². The molecule has 0 heterocycles. The van der Waals surface area contributed by atoms with Gasteiger partial charge in [0.2, 0.25) is 17.7 Å². The third-order valence-electron chi connectivity index (χ3n) is 5.25. The van der Waals surface area contributed by atoms with E-state index < -0.39 is 33.7 Å². The Morgan fingerprint density at radius 2 is 1.47 bits per heavy atom. The number of rotatable bonds is 15. The average molecular weight is 540 g/mol. The Balaban J connectivity index is 3.08. The fraction of sp³-hybridized carbons (Fsp3) is 0.577. The predicted molar refractivity (Wildman–Crippen MR) is 146 cm³/mol. The van der Waals surface area contributed by atoms with Crippen molar-refractivity contribution in [2.75, 3.05) is 17.8 Å². The molecule has 0 fully saturated rings. The molecule has 0 spiro atoms. The summed E-state index contributed by atoms with van der Waals surface area (Å²) in [6, 6.07) is 6.59. The van der Waals surface area contributed by atoms with Gasteiger partial charge in [0.25, 0.3) is 0 Å². The van der Waals surface area contributed by atoms with Gasteiger partial charge in [0, 0.05) is 12.6 Å². The molecule has 2 atom stereocenters. The van der Waals surface area contributed by atoms with Crippen molar-refractivity contribution < 1.29 is 22.8 Å². The van der Waals surface area contributed by atoms with E-state index in [-0.39, 0.29) is 28.4 Å². The summed E-state index contributed by atoms with van der Waals surface area (Å²) in [6.07, 6.45) is 4.77. The van der Waals surface area contributed by atoms with Crippen molar-refractivity contribution in [3.8, 4) is 0 Å². The highest BCUT2D eigenvalue weighted by Crippen LogP contribution is 2.14. The summed E-state index contributed by atoms with van der Waals surface area (Å²) in [5.41, 5.74) is 0.498. The maximum absolute atomic E-state index is 13.2. The molecule has 36 heavy (non-hydrogen) atoms. The number of nitrogens with one attached hydrogen (secondary N) is 3. The van der Waals surface area contributed by atoms with Gasteiger partial charge in [-0.1, -0.05) is 45.9 Å². The molecular weight excluding hydrogens is 498 g/mol. The lowest BCUT2D eigenvalue weighted by molar-refractivity contribution is -0.132. The van der Waals surface area contributed by atoms with Crippen LogP contribution in [0.5, 0.6) is 0 Å². The molecular formula is C26H41N3O5S2. The third kappa shape index (κ3) is 12.1. The van der Waals surface area contributed by atoms with Crippen LogP contribution in [-0.4, -0.2) is 56.0 Å². The quantitative estimate of drug-likeness (QED) is 0.314. The molecule has 0 unspecified atom stereocenters. The number of sulfone groups is 1. The van der Waals surface area contributed by atoms with Gasteiger partial charge in [0.05, 0.1) is 10.6 Å². The van der Waals surface area contributed by atoms with E-state index in [4.69, 9.17) is 0 Å². The van der Waals surface area contributed by atoms with E-state index in [1.165, 1.54) is 13.0 Å². The number of amides is 3. The zero-order chi connectivity index (χ0) is 27.3. The normalized spacial score (nSPS) is 13.8. The topological polar surface area (TPSA) is 121 Å². The van der Waals surface area contributed by atoms with Gasteiger partial charge in [0.1, 0.15) is 12.1 Å². The van der Waals surface area contributed by atoms with Gasteiger partial charge in [-0.2, -0.15) is 11.8 Å². The maximum Gasteiger partial charge on any atom is 0.246 e. The number of hydrogen-bond donors (Lipinski definition) is 3. The van der Waals surface area contributed by atoms with Crippen molar-refractivity contribution in [1.29, 1.82) is 0 Å². The lowest BCUT2D eigenvalue weighted by atomic mass is 10.00. The highest BCUT2D eigenvalue weighted by molar-refractivity contribution is 7.98. The average Bonchev–Trinajstić information content (AvgIpc) is 2.79. The van der Waals surface area contributed by atoms with E-state index in [0.717, 1.165) is 0 Å². The van der Waals surface area contributed by atoms with Crippen LogP contribution >= 0.6 is 11.8 Å². The van der Waals surface area contributed by atoms with E-state index in [1.54, 1.807) is 42.1 Å². The lowest BCUT2D eigenvalue weighted by Crippen LogP contribution is -2.54. The Bertz CT molecular complexity index is 992. The zero-order valence-corrected chi connectivity index (χ0v) is 23.8. The summed E-state index contributed by atoms with van der Waals surface area (Å²) in [6.45, 7) is 9.15. The summed E-state index contributed by atoms with van der Waals surface area (Å²) in [5.74, 6) is -0.421. The van der Waals surface area contributed by atoms with Gasteiger partial charge in [-0.3, -0.25) is 14.4 Å². The van der Waals surface area contributed by atoms with Gasteiger partial charge in [-0.05, 0) is 61.3 Å². The minimum Gasteiger partial charge on any atom is -0.345 e. The number of hydrogen-bond acceptors (Lipinski definition) is 6. The second kappa shape index (κ2) is 15.7. The van der Waals surface area contributed by atoms with Crippen molar-refractivity contribution in [2.24, 2.45) is 11.8 Å². The molecule has 0 bridgehead atoms. The molecule has 1 aromatic rings. The Morgan fingerprint density at radius 1 is 0.917 bits per heavy atom. The summed E-state index contributed by atoms with van der Waals surface area (Å²) in [4.78, 5) is 38.0. The van der Waals surface area contributed by atoms with Crippen LogP contribution in [0.2, 0.25) is 0 Å². The van der Waals surface area contributed by atoms with Crippen LogP contribution in [0.1, 0.15) is 53.9 Å². The van der Waals surface area contributed by atoms with Crippen LogP contribution in [-0.2, 0) is 24.2 Å². The Hall–Kier alpha value is -2.33. The number of thioether (sulfide) groups is 1. The highest BCUT2D eigenvalue weighted by atomic mass is 32.2. The maximum atomic E-state index is 13.2. The molecule has 202 valence electrons. The molecule has 0 radical (unpaired) electrons. The minimum atomic E-state index is -3.55. The van der Waals surface area contributed by atoms with Crippen molar-refractivity contribution in [3.63, 3.8) is 0 Å². The molecule has 10 heteroatoms. The molecule has 3 amide bonds. The van der Waals surface area contributed by atoms with Crippen LogP contribution in [0, 0.1) is 11.8 Å². The first-order valence-electron chi connectivity index (χ1n) is 12.2. The fourth-order valence-corrected chi connectivity index (χ4v) is 5.14. The Morgan fingerprint density at radius 3 is 1.97 bits per heavy atom. The first-order valence-corrected chi connectivity index (χ1v) is 15.2. The number of benzene rings is 1. The molecule has 0 saturated carbocycles. The monoisotopic (exact) mass is 539 g/mol. The summed E-state index contributed by atoms with van der Waals surface area (Å²) >= 11 is 1.58. The van der Waals surface area contributed by atoms with Gasteiger partial charge < -0.3 is 16.0 Å². The smallest absolute Gasteiger partial charge is 0.246 e. The first kappa shape index (κ1) is 31.7. The van der Waals surface area contributed by atoms with Crippen molar-refractivity contribution >= 4 is 39.3 Å². The van der Waals surface area contributed by atoms with E-state index >= 15 is 0 Å². The van der Waals surface area contributed by atoms with Crippen LogP contribution in [0.4, 0.5) is 0 Å². The standard InChI is InChI=1S/C26H41N3O5S2/c1-18(2)16-23(27-20(5)30)26(32)29-24(17-19(3)4)25(31)28-21(12-14-35-6)13-15-36(33,34)22-10-8-7-9-11-22/h7-11,13,18-19,23-24H,12,14-17H2,1-6H3,(H,27,30)(H,28,31)(H,29,32)/b21-13+/t23-,24-/m0/s1. The van der Waals surface area contributed by atoms with E-state index in [2.05, 4.69) is 16.0 Å². The summed E-state index contributed by atoms with van der Waals surface area (Å²) in [5, 5.41) is 8.32. The van der Waals surface area contributed by atoms with E-state index in [1.807, 2.05) is 34.0 Å². The first-order chi connectivity index (χ1) is 16.9. The van der Waals surface area contributed by atoms with Crippen molar-refractivity contribution in [2.45, 2.75) is 70.9 Å². The molecule has 1 rings (SSSR count). The molecule has 0 saturated heterocycles. The van der Waals surface area contributed by atoms with Gasteiger partial charge in [0.15, 0.2) is 9.84 Å². The third-order valence-corrected chi connectivity index (χ3v) is 7.46. The molecule has 0 aliphatic rings. The summed E-state index contributed by atoms with van der Waals surface area (Å²) in [7, 11) is -3.55. The minimum absolute atomic E-state index is 0.113. The van der Waals surface area contributed by atoms with E-state index in [0.29, 0.717) is 30.7 Å². The second-order valence-electron chi connectivity index (χ2n) is 9.63. The van der Waals surface area contributed by atoms with Gasteiger partial charge in [-0.25, -0.2) is 8.42 Å². The molecule has 8 nitrogen and oxygen atoms in total. The molecule has 0 aliphatic heterocycles. The zero-order valence-electron chi connectivity index (χ0n) is 22.2. The fourth-order valence-electron chi connectivity index (χ4n) is 3.53. The van der Waals surface area contributed by atoms with Gasteiger partial charge in [-0.15, -0.1) is 0 Å². The highest BCUT2D eigenvalue weighted by Gasteiger charge is 2.28. The molecule has 0 aromatic heterocycles. The molecule has 3 N–H and O–H groups in total. The van der Waals surface area contributed by atoms with Crippen molar-refractivity contribution in [3.05, 3.63) is 42.1 Å². The Kier molecular flexibility index (Phi) is 13.8. The van der Waals surface area contributed by atoms with Crippen LogP contribution < -0.4 is 16.0 Å². The van der Waals surface area contributed by atoms with Crippen LogP contribution in [0.3, 0.4) is 0 Å². The molecule has 0 aliphatic carbocycles. The number of carbonyl (C=O) groups excluding carboxylic acids is 3. The SMILES string of the molecule is CSCC/C(=C\CS(=O)(=O)c1ccccc1)NC(=O)[C@H](CC(C)C)NC(=O)[C@H](CC(C)C)NC(C)=O. The largest absolute Gasteiger partial charge is 0.345 e. The second-order valence-corrected chi connectivity index (χ2v) is 12.6. The number of allylic oxidation sites excluding steroid dienone is 1. The van der Waals surface area contributed by atoms with Crippen molar-refractivity contribution in [1.82, 2.24) is 16.0 Å². The lowest BCUT2D eigenvalue weighted by Gasteiger charge is -2.25. The summed E-state index contributed by atoms with van der Waals surface area (Å²) < 4.78 is 25.4. The number of carbonyl (C=O) groups is 3. The Labute approximate surface area is 220 Å². The van der Waals surface area contributed by atoms with Gasteiger partial charge >= 0.3 is 0 Å². The van der Waals surface area contributed by atoms with Crippen LogP contribution in [0.25, 0.3) is 0 Å². The predicted octanol–water partition coefficient (Wildman–Crippen LogP) is 3.30. The molecule has 1 aromatic carbocycles. The van der Waals surface area contributed by atoms with E-state index in [9.17, 15) is 22.8 Å².